The topological polar surface area (TPSA) is 67.8 Å². The Morgan fingerprint density at radius 1 is 1.36 bits per heavy atom. The summed E-state index contributed by atoms with van der Waals surface area (Å²) in [7, 11) is 1.87. The number of thiazole rings is 1. The van der Waals surface area contributed by atoms with Gasteiger partial charge < -0.3 is 13.9 Å². The first-order valence-corrected chi connectivity index (χ1v) is 8.03. The van der Waals surface area contributed by atoms with Gasteiger partial charge in [0, 0.05) is 37.6 Å². The minimum absolute atomic E-state index is 0.0405. The predicted octanol–water partition coefficient (Wildman–Crippen LogP) is 1.66. The van der Waals surface area contributed by atoms with Crippen molar-refractivity contribution in [1.82, 2.24) is 9.47 Å². The number of likely N-dealkylation sites (tertiary alicyclic amines) is 1. The van der Waals surface area contributed by atoms with Gasteiger partial charge in [0.15, 0.2) is 4.80 Å². The second kappa shape index (κ2) is 6.31. The number of aromatic nitrogens is 1. The molecule has 1 fully saturated rings. The lowest BCUT2D eigenvalue weighted by Gasteiger charge is -2.30. The second-order valence-corrected chi connectivity index (χ2v) is 6.20. The molecule has 1 saturated heterocycles. The van der Waals surface area contributed by atoms with Crippen LogP contribution in [0.3, 0.4) is 0 Å². The van der Waals surface area contributed by atoms with E-state index in [2.05, 4.69) is 4.99 Å². The summed E-state index contributed by atoms with van der Waals surface area (Å²) in [5.41, 5.74) is 0.556. The lowest BCUT2D eigenvalue weighted by molar-refractivity contribution is -0.123. The molecule has 116 valence electrons. The summed E-state index contributed by atoms with van der Waals surface area (Å²) < 4.78 is 6.77. The molecular weight excluding hydrogens is 302 g/mol. The van der Waals surface area contributed by atoms with Crippen LogP contribution in [0.15, 0.2) is 39.6 Å². The van der Waals surface area contributed by atoms with Crippen molar-refractivity contribution in [1.29, 1.82) is 0 Å². The maximum absolute atomic E-state index is 12.2. The highest BCUT2D eigenvalue weighted by Gasteiger charge is 2.28. The van der Waals surface area contributed by atoms with Gasteiger partial charge in [0.1, 0.15) is 6.26 Å². The van der Waals surface area contributed by atoms with Crippen LogP contribution in [-0.2, 0) is 11.8 Å². The van der Waals surface area contributed by atoms with E-state index in [-0.39, 0.29) is 17.7 Å². The van der Waals surface area contributed by atoms with E-state index < -0.39 is 0 Å². The molecule has 7 heteroatoms. The van der Waals surface area contributed by atoms with E-state index in [1.54, 1.807) is 11.0 Å². The minimum Gasteiger partial charge on any atom is -0.472 e. The van der Waals surface area contributed by atoms with Gasteiger partial charge in [0.05, 0.1) is 11.8 Å². The van der Waals surface area contributed by atoms with Gasteiger partial charge in [-0.15, -0.1) is 11.3 Å². The fraction of sp³-hybridized carbons (Fsp3) is 0.400. The number of carbonyl (C=O) groups excluding carboxylic acids is 2. The van der Waals surface area contributed by atoms with E-state index in [9.17, 15) is 9.59 Å². The summed E-state index contributed by atoms with van der Waals surface area (Å²) in [5.74, 6) is -0.231. The zero-order valence-corrected chi connectivity index (χ0v) is 13.1. The molecule has 3 heterocycles. The molecule has 0 N–H and O–H groups in total. The maximum atomic E-state index is 12.2. The highest BCUT2D eigenvalue weighted by atomic mass is 32.1. The molecule has 0 unspecified atom stereocenters. The highest BCUT2D eigenvalue weighted by Crippen LogP contribution is 2.20. The first-order chi connectivity index (χ1) is 10.6. The number of nitrogens with zero attached hydrogens (tertiary/aromatic N) is 3. The lowest BCUT2D eigenvalue weighted by atomic mass is 9.96. The Kier molecular flexibility index (Phi) is 4.24. The Morgan fingerprint density at radius 3 is 2.73 bits per heavy atom. The fourth-order valence-corrected chi connectivity index (χ4v) is 3.25. The van der Waals surface area contributed by atoms with Crippen LogP contribution in [-0.4, -0.2) is 34.4 Å². The number of hydrogen-bond acceptors (Lipinski definition) is 4. The molecule has 6 nitrogen and oxygen atoms in total. The van der Waals surface area contributed by atoms with E-state index in [0.29, 0.717) is 36.3 Å². The summed E-state index contributed by atoms with van der Waals surface area (Å²) in [5, 5.41) is 1.90. The van der Waals surface area contributed by atoms with Crippen LogP contribution in [0, 0.1) is 5.92 Å². The van der Waals surface area contributed by atoms with Crippen molar-refractivity contribution in [2.45, 2.75) is 12.8 Å². The molecular formula is C15H17N3O3S. The lowest BCUT2D eigenvalue weighted by Crippen LogP contribution is -2.40. The number of piperidine rings is 1. The average Bonchev–Trinajstić information content (AvgIpc) is 3.19. The van der Waals surface area contributed by atoms with Gasteiger partial charge >= 0.3 is 0 Å². The molecule has 22 heavy (non-hydrogen) atoms. The van der Waals surface area contributed by atoms with Crippen molar-refractivity contribution in [3.8, 4) is 0 Å². The van der Waals surface area contributed by atoms with Gasteiger partial charge in [0.25, 0.3) is 11.8 Å². The van der Waals surface area contributed by atoms with Gasteiger partial charge in [-0.1, -0.05) is 0 Å². The number of rotatable bonds is 2. The predicted molar refractivity (Wildman–Crippen MR) is 81.2 cm³/mol. The molecule has 1 aliphatic rings. The number of amides is 2. The van der Waals surface area contributed by atoms with Crippen LogP contribution >= 0.6 is 11.3 Å². The molecule has 2 amide bonds. The van der Waals surface area contributed by atoms with Crippen molar-refractivity contribution in [3.05, 3.63) is 40.5 Å². The van der Waals surface area contributed by atoms with E-state index in [0.717, 1.165) is 0 Å². The van der Waals surface area contributed by atoms with E-state index in [4.69, 9.17) is 4.42 Å². The molecule has 0 spiro atoms. The van der Waals surface area contributed by atoms with Gasteiger partial charge in [-0.05, 0) is 18.9 Å². The third kappa shape index (κ3) is 3.04. The summed E-state index contributed by atoms with van der Waals surface area (Å²) in [6.07, 6.45) is 6.13. The molecule has 2 aromatic heterocycles. The Balaban J connectivity index is 1.61. The van der Waals surface area contributed by atoms with Crippen molar-refractivity contribution in [2.24, 2.45) is 18.0 Å². The molecule has 3 rings (SSSR count). The standard InChI is InChI=1S/C15H17N3O3S/c1-17-7-9-22-15(17)16-13(19)11-2-5-18(6-3-11)14(20)12-4-8-21-10-12/h4,7-11H,2-3,5-6H2,1H3. The van der Waals surface area contributed by atoms with Gasteiger partial charge in [-0.25, -0.2) is 0 Å². The number of aryl methyl sites for hydroxylation is 1. The zero-order chi connectivity index (χ0) is 15.5. The van der Waals surface area contributed by atoms with Crippen molar-refractivity contribution < 1.29 is 14.0 Å². The highest BCUT2D eigenvalue weighted by molar-refractivity contribution is 7.07. The molecule has 1 aliphatic heterocycles. The summed E-state index contributed by atoms with van der Waals surface area (Å²) in [4.78, 5) is 31.1. The van der Waals surface area contributed by atoms with Crippen LogP contribution in [0.1, 0.15) is 23.2 Å². The monoisotopic (exact) mass is 319 g/mol. The number of carbonyl (C=O) groups is 2. The molecule has 0 atom stereocenters. The summed E-state index contributed by atoms with van der Waals surface area (Å²) >= 11 is 1.45. The molecule has 0 bridgehead atoms. The smallest absolute Gasteiger partial charge is 0.257 e. The van der Waals surface area contributed by atoms with Gasteiger partial charge in [0.2, 0.25) is 0 Å². The Hall–Kier alpha value is -2.15. The SMILES string of the molecule is Cn1ccsc1=NC(=O)C1CCN(C(=O)c2ccoc2)CC1. The Labute approximate surface area is 131 Å². The molecule has 0 aromatic carbocycles. The molecule has 0 aliphatic carbocycles. The molecule has 2 aromatic rings. The van der Waals surface area contributed by atoms with Gasteiger partial charge in [-0.2, -0.15) is 4.99 Å². The normalized spacial score (nSPS) is 17.0. The van der Waals surface area contributed by atoms with Gasteiger partial charge in [-0.3, -0.25) is 9.59 Å². The van der Waals surface area contributed by atoms with Crippen molar-refractivity contribution >= 4 is 23.2 Å². The maximum Gasteiger partial charge on any atom is 0.257 e. The van der Waals surface area contributed by atoms with Crippen LogP contribution in [0.25, 0.3) is 0 Å². The molecule has 0 saturated carbocycles. The van der Waals surface area contributed by atoms with E-state index in [1.165, 1.54) is 23.9 Å². The first kappa shape index (κ1) is 14.8. The van der Waals surface area contributed by atoms with Crippen molar-refractivity contribution in [2.75, 3.05) is 13.1 Å². The molecule has 0 radical (unpaired) electrons. The van der Waals surface area contributed by atoms with E-state index >= 15 is 0 Å². The van der Waals surface area contributed by atoms with E-state index in [1.807, 2.05) is 23.2 Å². The van der Waals surface area contributed by atoms with Crippen LogP contribution < -0.4 is 4.80 Å². The first-order valence-electron chi connectivity index (χ1n) is 7.15. The van der Waals surface area contributed by atoms with Crippen molar-refractivity contribution in [3.63, 3.8) is 0 Å². The number of hydrogen-bond donors (Lipinski definition) is 0. The minimum atomic E-state index is -0.101. The average molecular weight is 319 g/mol. The number of furan rings is 1. The third-order valence-corrected chi connectivity index (χ3v) is 4.71. The quantitative estimate of drug-likeness (QED) is 0.845. The summed E-state index contributed by atoms with van der Waals surface area (Å²) in [6.45, 7) is 1.15. The second-order valence-electron chi connectivity index (χ2n) is 5.33. The third-order valence-electron chi connectivity index (χ3n) is 3.87. The Bertz CT molecular complexity index is 721. The largest absolute Gasteiger partial charge is 0.472 e. The summed E-state index contributed by atoms with van der Waals surface area (Å²) in [6, 6.07) is 1.66. The fourth-order valence-electron chi connectivity index (χ4n) is 2.52. The Morgan fingerprint density at radius 2 is 2.14 bits per heavy atom. The van der Waals surface area contributed by atoms with Crippen LogP contribution in [0.2, 0.25) is 0 Å². The zero-order valence-electron chi connectivity index (χ0n) is 12.3. The van der Waals surface area contributed by atoms with Crippen LogP contribution in [0.5, 0.6) is 0 Å². The van der Waals surface area contributed by atoms with Crippen LogP contribution in [0.4, 0.5) is 0 Å².